The molecule has 11 nitrogen and oxygen atoms in total. The van der Waals surface area contributed by atoms with Gasteiger partial charge in [0.2, 0.25) is 5.91 Å². The molecule has 1 aromatic heterocycles. The molecule has 1 heterocycles. The van der Waals surface area contributed by atoms with E-state index < -0.39 is 0 Å². The SMILES string of the molecule is Cc1cccc(Nc2cc(Nc3cccc(NC(=O)/C=C/CN(C)CCOCCN=[N+]=[N-])c3)ncn2)c1. The Bertz CT molecular complexity index is 1240. The summed E-state index contributed by atoms with van der Waals surface area (Å²) in [6, 6.07) is 17.3. The highest BCUT2D eigenvalue weighted by Crippen LogP contribution is 2.22. The Morgan fingerprint density at radius 2 is 1.76 bits per heavy atom. The van der Waals surface area contributed by atoms with E-state index in [1.54, 1.807) is 6.08 Å². The molecule has 0 radical (unpaired) electrons. The fourth-order valence-electron chi connectivity index (χ4n) is 3.27. The molecule has 1 amide bonds. The summed E-state index contributed by atoms with van der Waals surface area (Å²) in [4.78, 5) is 25.6. The van der Waals surface area contributed by atoms with Crippen LogP contribution in [-0.2, 0) is 9.53 Å². The lowest BCUT2D eigenvalue weighted by molar-refractivity contribution is -0.111. The van der Waals surface area contributed by atoms with Gasteiger partial charge in [-0.25, -0.2) is 9.97 Å². The van der Waals surface area contributed by atoms with E-state index >= 15 is 0 Å². The van der Waals surface area contributed by atoms with E-state index in [1.165, 1.54) is 12.4 Å². The van der Waals surface area contributed by atoms with Gasteiger partial charge >= 0.3 is 0 Å². The first-order valence-corrected chi connectivity index (χ1v) is 11.8. The van der Waals surface area contributed by atoms with Gasteiger partial charge in [-0.1, -0.05) is 29.4 Å². The molecule has 11 heteroatoms. The Morgan fingerprint density at radius 1 is 1.05 bits per heavy atom. The average molecular weight is 502 g/mol. The van der Waals surface area contributed by atoms with E-state index in [0.717, 1.165) is 16.9 Å². The third-order valence-electron chi connectivity index (χ3n) is 5.06. The fourth-order valence-corrected chi connectivity index (χ4v) is 3.27. The van der Waals surface area contributed by atoms with Crippen molar-refractivity contribution in [3.05, 3.63) is 89.1 Å². The first-order chi connectivity index (χ1) is 18.0. The molecule has 0 fully saturated rings. The number of amides is 1. The lowest BCUT2D eigenvalue weighted by Gasteiger charge is -2.14. The number of carbonyl (C=O) groups is 1. The minimum Gasteiger partial charge on any atom is -0.380 e. The second-order valence-electron chi connectivity index (χ2n) is 8.21. The highest BCUT2D eigenvalue weighted by Gasteiger charge is 2.04. The van der Waals surface area contributed by atoms with Crippen LogP contribution in [-0.4, -0.2) is 60.7 Å². The van der Waals surface area contributed by atoms with Crippen LogP contribution in [0.15, 0.2) is 78.2 Å². The van der Waals surface area contributed by atoms with Crippen molar-refractivity contribution in [1.29, 1.82) is 0 Å². The molecule has 0 saturated carbocycles. The smallest absolute Gasteiger partial charge is 0.248 e. The van der Waals surface area contributed by atoms with Crippen LogP contribution in [0.1, 0.15) is 5.56 Å². The zero-order valence-corrected chi connectivity index (χ0v) is 21.0. The van der Waals surface area contributed by atoms with E-state index in [2.05, 4.69) is 35.9 Å². The molecule has 0 aliphatic heterocycles. The summed E-state index contributed by atoms with van der Waals surface area (Å²) in [6.07, 6.45) is 4.79. The number of anilines is 5. The van der Waals surface area contributed by atoms with Crippen molar-refractivity contribution in [1.82, 2.24) is 14.9 Å². The van der Waals surface area contributed by atoms with Gasteiger partial charge in [-0.05, 0) is 55.4 Å². The molecule has 3 N–H and O–H groups in total. The van der Waals surface area contributed by atoms with Crippen molar-refractivity contribution in [2.24, 2.45) is 5.11 Å². The molecule has 0 unspecified atom stereocenters. The Labute approximate surface area is 216 Å². The predicted molar refractivity (Wildman–Crippen MR) is 146 cm³/mol. The molecule has 0 atom stereocenters. The molecule has 37 heavy (non-hydrogen) atoms. The van der Waals surface area contributed by atoms with Crippen LogP contribution in [0.5, 0.6) is 0 Å². The first kappa shape index (κ1) is 27.2. The van der Waals surface area contributed by atoms with Gasteiger partial charge in [0.25, 0.3) is 0 Å². The average Bonchev–Trinajstić information content (AvgIpc) is 2.86. The summed E-state index contributed by atoms with van der Waals surface area (Å²) in [5.74, 6) is 1.07. The van der Waals surface area contributed by atoms with Crippen LogP contribution in [0.2, 0.25) is 0 Å². The molecule has 0 saturated heterocycles. The fraction of sp³-hybridized carbons (Fsp3) is 0.269. The minimum atomic E-state index is -0.220. The molecule has 192 valence electrons. The monoisotopic (exact) mass is 501 g/mol. The van der Waals surface area contributed by atoms with Gasteiger partial charge in [0.1, 0.15) is 18.0 Å². The van der Waals surface area contributed by atoms with Gasteiger partial charge in [-0.15, -0.1) is 0 Å². The maximum Gasteiger partial charge on any atom is 0.248 e. The number of carbonyl (C=O) groups excluding carboxylic acids is 1. The van der Waals surface area contributed by atoms with Crippen LogP contribution in [0.25, 0.3) is 10.4 Å². The number of aryl methyl sites for hydroxylation is 1. The normalized spacial score (nSPS) is 10.8. The van der Waals surface area contributed by atoms with Gasteiger partial charge in [0.05, 0.1) is 13.2 Å². The third kappa shape index (κ3) is 10.4. The maximum atomic E-state index is 12.3. The zero-order valence-electron chi connectivity index (χ0n) is 21.0. The second kappa shape index (κ2) is 14.8. The van der Waals surface area contributed by atoms with Crippen LogP contribution < -0.4 is 16.0 Å². The van der Waals surface area contributed by atoms with Gasteiger partial charge in [0, 0.05) is 53.8 Å². The predicted octanol–water partition coefficient (Wildman–Crippen LogP) is 5.03. The number of benzene rings is 2. The molecule has 0 aliphatic rings. The van der Waals surface area contributed by atoms with Crippen molar-refractivity contribution in [2.75, 3.05) is 55.8 Å². The number of rotatable bonds is 14. The van der Waals surface area contributed by atoms with Crippen LogP contribution >= 0.6 is 0 Å². The topological polar surface area (TPSA) is 140 Å². The number of ether oxygens (including phenoxy) is 1. The van der Waals surface area contributed by atoms with Crippen molar-refractivity contribution >= 4 is 34.6 Å². The number of nitrogens with zero attached hydrogens (tertiary/aromatic N) is 6. The zero-order chi connectivity index (χ0) is 26.3. The van der Waals surface area contributed by atoms with Crippen LogP contribution in [0.4, 0.5) is 28.7 Å². The van der Waals surface area contributed by atoms with Gasteiger partial charge in [-0.3, -0.25) is 4.79 Å². The second-order valence-corrected chi connectivity index (χ2v) is 8.21. The number of aromatic nitrogens is 2. The molecule has 0 spiro atoms. The Balaban J connectivity index is 1.46. The van der Waals surface area contributed by atoms with E-state index in [9.17, 15) is 4.79 Å². The summed E-state index contributed by atoms with van der Waals surface area (Å²) in [5, 5.41) is 12.8. The van der Waals surface area contributed by atoms with Gasteiger partial charge < -0.3 is 25.6 Å². The van der Waals surface area contributed by atoms with Gasteiger partial charge in [0.15, 0.2) is 0 Å². The molecular formula is C26H31N9O2. The lowest BCUT2D eigenvalue weighted by Crippen LogP contribution is -2.24. The summed E-state index contributed by atoms with van der Waals surface area (Å²) in [5.41, 5.74) is 11.8. The lowest BCUT2D eigenvalue weighted by atomic mass is 10.2. The number of azide groups is 1. The van der Waals surface area contributed by atoms with Crippen molar-refractivity contribution in [3.63, 3.8) is 0 Å². The van der Waals surface area contributed by atoms with E-state index in [0.29, 0.717) is 50.2 Å². The summed E-state index contributed by atoms with van der Waals surface area (Å²) >= 11 is 0. The number of likely N-dealkylation sites (N-methyl/N-ethyl adjacent to an activating group) is 1. The van der Waals surface area contributed by atoms with Crippen LogP contribution in [0.3, 0.4) is 0 Å². The number of hydrogen-bond acceptors (Lipinski definition) is 8. The summed E-state index contributed by atoms with van der Waals surface area (Å²) < 4.78 is 5.38. The molecular weight excluding hydrogens is 470 g/mol. The van der Waals surface area contributed by atoms with Crippen molar-refractivity contribution in [3.8, 4) is 0 Å². The molecule has 0 aliphatic carbocycles. The highest BCUT2D eigenvalue weighted by atomic mass is 16.5. The van der Waals surface area contributed by atoms with E-state index in [-0.39, 0.29) is 5.91 Å². The standard InChI is InChI=1S/C26H31N9O2/c1-20-6-3-7-21(16-20)31-24-18-25(29-19-28-24)32-22-8-4-9-23(17-22)33-26(36)10-5-12-35(2)13-15-37-14-11-30-34-27/h3-10,16-19H,11-15H2,1-2H3,(H,33,36)(H2,28,29,31,32)/b10-5+. The first-order valence-electron chi connectivity index (χ1n) is 11.8. The maximum absolute atomic E-state index is 12.3. The Kier molecular flexibility index (Phi) is 10.9. The van der Waals surface area contributed by atoms with Crippen molar-refractivity contribution < 1.29 is 9.53 Å². The molecule has 0 bridgehead atoms. The summed E-state index contributed by atoms with van der Waals surface area (Å²) in [7, 11) is 1.93. The molecule has 2 aromatic carbocycles. The Morgan fingerprint density at radius 3 is 2.49 bits per heavy atom. The van der Waals surface area contributed by atoms with Crippen LogP contribution in [0, 0.1) is 6.92 Å². The summed E-state index contributed by atoms with van der Waals surface area (Å²) in [6.45, 7) is 4.57. The quantitative estimate of drug-likeness (QED) is 0.0925. The minimum absolute atomic E-state index is 0.220. The van der Waals surface area contributed by atoms with E-state index in [4.69, 9.17) is 10.3 Å². The molecule has 3 aromatic rings. The largest absolute Gasteiger partial charge is 0.380 e. The molecule has 3 rings (SSSR count). The third-order valence-corrected chi connectivity index (χ3v) is 5.06. The van der Waals surface area contributed by atoms with Gasteiger partial charge in [-0.2, -0.15) is 0 Å². The number of hydrogen-bond donors (Lipinski definition) is 3. The Hall–Kier alpha value is -4.44. The number of nitrogens with one attached hydrogen (secondary N) is 3. The van der Waals surface area contributed by atoms with E-state index in [1.807, 2.05) is 73.5 Å². The van der Waals surface area contributed by atoms with Crippen molar-refractivity contribution in [2.45, 2.75) is 6.92 Å². The highest BCUT2D eigenvalue weighted by molar-refractivity contribution is 5.99.